The lowest BCUT2D eigenvalue weighted by Crippen LogP contribution is -2.56. The number of rotatable bonds is 6. The predicted molar refractivity (Wildman–Crippen MR) is 105 cm³/mol. The largest absolute Gasteiger partial charge is 0.465 e. The molecular weight excluding hydrogens is 390 g/mol. The second-order valence-electron chi connectivity index (χ2n) is 9.16. The van der Waals surface area contributed by atoms with Gasteiger partial charge in [-0.2, -0.15) is 5.26 Å². The fourth-order valence-electron chi connectivity index (χ4n) is 4.94. The van der Waals surface area contributed by atoms with Crippen molar-refractivity contribution in [2.24, 2.45) is 23.2 Å². The number of hydrogen-bond donors (Lipinski definition) is 3. The summed E-state index contributed by atoms with van der Waals surface area (Å²) in [5.41, 5.74) is -0.103. The van der Waals surface area contributed by atoms with Gasteiger partial charge >= 0.3 is 6.09 Å². The van der Waals surface area contributed by atoms with E-state index < -0.39 is 36.0 Å². The molecule has 3 aliphatic rings. The van der Waals surface area contributed by atoms with Gasteiger partial charge in [-0.05, 0) is 37.0 Å². The van der Waals surface area contributed by atoms with Gasteiger partial charge < -0.3 is 20.6 Å². The van der Waals surface area contributed by atoms with Crippen molar-refractivity contribution in [3.05, 3.63) is 0 Å². The van der Waals surface area contributed by atoms with Gasteiger partial charge in [0.25, 0.3) is 0 Å². The molecule has 6 atom stereocenters. The van der Waals surface area contributed by atoms with Crippen molar-refractivity contribution in [2.75, 3.05) is 20.1 Å². The van der Waals surface area contributed by atoms with Crippen LogP contribution < -0.4 is 10.6 Å². The van der Waals surface area contributed by atoms with E-state index in [2.05, 4.69) is 16.7 Å². The van der Waals surface area contributed by atoms with Gasteiger partial charge in [-0.3, -0.25) is 19.3 Å². The topological polar surface area (TPSA) is 143 Å². The molecule has 0 bridgehead atoms. The van der Waals surface area contributed by atoms with E-state index in [-0.39, 0.29) is 35.5 Å². The van der Waals surface area contributed by atoms with Crippen molar-refractivity contribution in [1.82, 2.24) is 20.4 Å². The molecule has 10 nitrogen and oxygen atoms in total. The smallest absolute Gasteiger partial charge is 0.407 e. The molecule has 10 heteroatoms. The van der Waals surface area contributed by atoms with Crippen LogP contribution in [0.2, 0.25) is 0 Å². The Hall–Kier alpha value is -2.83. The summed E-state index contributed by atoms with van der Waals surface area (Å²) in [6.07, 6.45) is -0.372. The van der Waals surface area contributed by atoms with Gasteiger partial charge in [-0.25, -0.2) is 4.79 Å². The Balaban J connectivity index is 1.73. The molecule has 164 valence electrons. The minimum absolute atomic E-state index is 0.0436. The highest BCUT2D eigenvalue weighted by Gasteiger charge is 2.69. The average Bonchev–Trinajstić information content (AvgIpc) is 3.06. The van der Waals surface area contributed by atoms with E-state index in [9.17, 15) is 29.5 Å². The molecule has 0 aromatic heterocycles. The number of nitrogens with zero attached hydrogens (tertiary/aromatic N) is 3. The Morgan fingerprint density at radius 3 is 2.63 bits per heavy atom. The van der Waals surface area contributed by atoms with Crippen LogP contribution in [-0.2, 0) is 14.4 Å². The van der Waals surface area contributed by atoms with Gasteiger partial charge in [-0.1, -0.05) is 13.8 Å². The molecule has 2 saturated heterocycles. The summed E-state index contributed by atoms with van der Waals surface area (Å²) in [6.45, 7) is 6.53. The summed E-state index contributed by atoms with van der Waals surface area (Å²) in [7, 11) is 1.32. The van der Waals surface area contributed by atoms with Crippen LogP contribution >= 0.6 is 0 Å². The maximum Gasteiger partial charge on any atom is 0.407 e. The highest BCUT2D eigenvalue weighted by molar-refractivity contribution is 5.93. The minimum Gasteiger partial charge on any atom is -0.465 e. The number of nitriles is 1. The Labute approximate surface area is 175 Å². The van der Waals surface area contributed by atoms with E-state index in [1.807, 2.05) is 13.8 Å². The number of likely N-dealkylation sites (tertiary alicyclic amines) is 1. The number of fused-ring (bicyclic) bond motifs is 1. The fraction of sp³-hybridized carbons (Fsp3) is 0.750. The molecule has 1 saturated carbocycles. The lowest BCUT2D eigenvalue weighted by molar-refractivity contribution is -0.143. The van der Waals surface area contributed by atoms with E-state index >= 15 is 0 Å². The molecule has 0 aromatic rings. The van der Waals surface area contributed by atoms with Gasteiger partial charge in [0.1, 0.15) is 18.1 Å². The first-order chi connectivity index (χ1) is 14.0. The minimum atomic E-state index is -1.22. The quantitative estimate of drug-likeness (QED) is 0.553. The highest BCUT2D eigenvalue weighted by atomic mass is 16.4. The van der Waals surface area contributed by atoms with Gasteiger partial charge in [-0.15, -0.1) is 0 Å². The molecule has 0 spiro atoms. The van der Waals surface area contributed by atoms with Crippen LogP contribution in [0, 0.1) is 34.5 Å². The number of carboxylic acid groups (broad SMARTS) is 1. The molecule has 3 N–H and O–H groups in total. The fourth-order valence-corrected chi connectivity index (χ4v) is 4.94. The van der Waals surface area contributed by atoms with Crippen LogP contribution in [0.5, 0.6) is 0 Å². The van der Waals surface area contributed by atoms with E-state index in [0.717, 1.165) is 4.90 Å². The molecule has 0 unspecified atom stereocenters. The average molecular weight is 419 g/mol. The van der Waals surface area contributed by atoms with Gasteiger partial charge in [0.05, 0.1) is 6.07 Å². The first-order valence-electron chi connectivity index (χ1n) is 10.2. The van der Waals surface area contributed by atoms with Crippen molar-refractivity contribution < 1.29 is 24.3 Å². The second-order valence-corrected chi connectivity index (χ2v) is 9.16. The van der Waals surface area contributed by atoms with Crippen LogP contribution in [0.3, 0.4) is 0 Å². The van der Waals surface area contributed by atoms with Crippen LogP contribution in [0.25, 0.3) is 0 Å². The maximum absolute atomic E-state index is 13.1. The molecule has 1 aliphatic carbocycles. The molecule has 4 amide bonds. The number of likely N-dealkylation sites (N-methyl/N-ethyl adjacent to an activating group) is 1. The van der Waals surface area contributed by atoms with Crippen LogP contribution in [0.15, 0.2) is 0 Å². The van der Waals surface area contributed by atoms with Crippen LogP contribution in [0.1, 0.15) is 33.6 Å². The number of carbonyl (C=O) groups is 4. The summed E-state index contributed by atoms with van der Waals surface area (Å²) < 4.78 is 0. The molecular formula is C20H29N5O5. The van der Waals surface area contributed by atoms with Gasteiger partial charge in [0.2, 0.25) is 17.7 Å². The third-order valence-electron chi connectivity index (χ3n) is 7.16. The monoisotopic (exact) mass is 419 g/mol. The molecule has 3 fully saturated rings. The molecule has 0 aromatic carbocycles. The third kappa shape index (κ3) is 3.68. The third-order valence-corrected chi connectivity index (χ3v) is 7.16. The number of piperidine rings is 1. The van der Waals surface area contributed by atoms with E-state index in [4.69, 9.17) is 0 Å². The molecule has 30 heavy (non-hydrogen) atoms. The lowest BCUT2D eigenvalue weighted by atomic mass is 9.97. The summed E-state index contributed by atoms with van der Waals surface area (Å²) in [5, 5.41) is 24.1. The van der Waals surface area contributed by atoms with Gasteiger partial charge in [0.15, 0.2) is 0 Å². The van der Waals surface area contributed by atoms with Crippen molar-refractivity contribution in [3.8, 4) is 6.07 Å². The van der Waals surface area contributed by atoms with E-state index in [0.29, 0.717) is 19.5 Å². The van der Waals surface area contributed by atoms with E-state index in [1.165, 1.54) is 18.9 Å². The summed E-state index contributed by atoms with van der Waals surface area (Å²) in [5.74, 6) is -1.16. The Kier molecular flexibility index (Phi) is 5.67. The summed E-state index contributed by atoms with van der Waals surface area (Å²) >= 11 is 0. The SMILES string of the molecule is C[C@@H](C(=O)N1C[C@H]2[C@@H]([C@H]1C(=O)N[C@H](C#N)C[C@@H]1CCNC1=O)C2(C)C)N(C)C(=O)O. The van der Waals surface area contributed by atoms with Crippen molar-refractivity contribution in [1.29, 1.82) is 5.26 Å². The van der Waals surface area contributed by atoms with E-state index in [1.54, 1.807) is 0 Å². The highest BCUT2D eigenvalue weighted by Crippen LogP contribution is 2.64. The first-order valence-corrected chi connectivity index (χ1v) is 10.2. The summed E-state index contributed by atoms with van der Waals surface area (Å²) in [4.78, 5) is 51.5. The maximum atomic E-state index is 13.1. The standard InChI is InChI=1S/C20H29N5O5/c1-10(24(4)19(29)30)18(28)25-9-13-14(20(13,2)3)15(25)17(27)23-12(8-21)7-11-5-6-22-16(11)26/h10-15H,5-7,9H2,1-4H3,(H,22,26)(H,23,27)(H,29,30)/t10-,11-,12-,13-,14-,15-/m0/s1. The first kappa shape index (κ1) is 21.9. The number of nitrogens with one attached hydrogen (secondary N) is 2. The van der Waals surface area contributed by atoms with Crippen LogP contribution in [-0.4, -0.2) is 77.0 Å². The second kappa shape index (κ2) is 7.78. The molecule has 0 radical (unpaired) electrons. The Bertz CT molecular complexity index is 806. The molecule has 3 rings (SSSR count). The number of amides is 4. The van der Waals surface area contributed by atoms with Gasteiger partial charge in [0, 0.05) is 26.1 Å². The number of hydrogen-bond acceptors (Lipinski definition) is 5. The van der Waals surface area contributed by atoms with Crippen molar-refractivity contribution in [2.45, 2.75) is 51.7 Å². The Morgan fingerprint density at radius 1 is 1.43 bits per heavy atom. The zero-order valence-corrected chi connectivity index (χ0v) is 17.7. The molecule has 2 aliphatic heterocycles. The Morgan fingerprint density at radius 2 is 2.10 bits per heavy atom. The number of carbonyl (C=O) groups excluding carboxylic acids is 3. The van der Waals surface area contributed by atoms with Crippen molar-refractivity contribution >= 4 is 23.8 Å². The zero-order valence-electron chi connectivity index (χ0n) is 17.7. The predicted octanol–water partition coefficient (Wildman–Crippen LogP) is 0.00228. The summed E-state index contributed by atoms with van der Waals surface area (Å²) in [6, 6.07) is -0.457. The van der Waals surface area contributed by atoms with Crippen molar-refractivity contribution in [3.63, 3.8) is 0 Å². The zero-order chi connectivity index (χ0) is 22.4. The lowest BCUT2D eigenvalue weighted by Gasteiger charge is -2.34. The van der Waals surface area contributed by atoms with Crippen LogP contribution in [0.4, 0.5) is 4.79 Å². The molecule has 2 heterocycles. The normalized spacial score (nSPS) is 30.5.